The molecule has 2 nitrogen and oxygen atoms in total. The quantitative estimate of drug-likeness (QED) is 0.743. The van der Waals surface area contributed by atoms with Crippen molar-refractivity contribution in [3.05, 3.63) is 29.8 Å². The van der Waals surface area contributed by atoms with Crippen LogP contribution >= 0.6 is 0 Å². The smallest absolute Gasteiger partial charge is 0.167 e. The standard InChI is InChI=1S/C13H19F2NO/c1-3-7-16-8-6-10(2)17-13-5-4-11(14)9-12(13)15/h4-5,9-10,16H,3,6-8H2,1-2H3. The zero-order valence-electron chi connectivity index (χ0n) is 10.3. The number of hydrogen-bond donors (Lipinski definition) is 1. The molecule has 4 heteroatoms. The predicted octanol–water partition coefficient (Wildman–Crippen LogP) is 3.12. The van der Waals surface area contributed by atoms with Gasteiger partial charge in [0, 0.05) is 6.07 Å². The lowest BCUT2D eigenvalue weighted by atomic mass is 10.2. The number of ether oxygens (including phenoxy) is 1. The van der Waals surface area contributed by atoms with Crippen LogP contribution in [0.1, 0.15) is 26.7 Å². The molecule has 0 radical (unpaired) electrons. The number of rotatable bonds is 7. The summed E-state index contributed by atoms with van der Waals surface area (Å²) in [7, 11) is 0. The summed E-state index contributed by atoms with van der Waals surface area (Å²) in [4.78, 5) is 0. The van der Waals surface area contributed by atoms with Crippen LogP contribution < -0.4 is 10.1 Å². The number of halogens is 2. The van der Waals surface area contributed by atoms with Crippen LogP contribution in [0.15, 0.2) is 18.2 Å². The van der Waals surface area contributed by atoms with Gasteiger partial charge < -0.3 is 10.1 Å². The van der Waals surface area contributed by atoms with E-state index in [2.05, 4.69) is 12.2 Å². The lowest BCUT2D eigenvalue weighted by Crippen LogP contribution is -2.23. The molecule has 0 bridgehead atoms. The van der Waals surface area contributed by atoms with Crippen LogP contribution in [0.5, 0.6) is 5.75 Å². The van der Waals surface area contributed by atoms with E-state index in [1.165, 1.54) is 12.1 Å². The van der Waals surface area contributed by atoms with Crippen LogP contribution in [0, 0.1) is 11.6 Å². The van der Waals surface area contributed by atoms with Crippen molar-refractivity contribution in [3.63, 3.8) is 0 Å². The van der Waals surface area contributed by atoms with Gasteiger partial charge in [-0.05, 0) is 45.0 Å². The minimum Gasteiger partial charge on any atom is -0.488 e. The Bertz CT molecular complexity index is 344. The molecule has 1 rings (SSSR count). The summed E-state index contributed by atoms with van der Waals surface area (Å²) in [6.45, 7) is 5.77. The molecule has 0 spiro atoms. The second kappa shape index (κ2) is 7.22. The SMILES string of the molecule is CCCNCCC(C)Oc1ccc(F)cc1F. The normalized spacial score (nSPS) is 12.5. The lowest BCUT2D eigenvalue weighted by Gasteiger charge is -2.15. The summed E-state index contributed by atoms with van der Waals surface area (Å²) in [6, 6.07) is 3.35. The van der Waals surface area contributed by atoms with Crippen LogP contribution in [-0.4, -0.2) is 19.2 Å². The van der Waals surface area contributed by atoms with E-state index in [1.807, 2.05) is 6.92 Å². The van der Waals surface area contributed by atoms with Crippen molar-refractivity contribution in [2.75, 3.05) is 13.1 Å². The van der Waals surface area contributed by atoms with Crippen LogP contribution in [0.4, 0.5) is 8.78 Å². The molecule has 1 unspecified atom stereocenters. The van der Waals surface area contributed by atoms with E-state index >= 15 is 0 Å². The van der Waals surface area contributed by atoms with Gasteiger partial charge in [-0.2, -0.15) is 0 Å². The Morgan fingerprint density at radius 1 is 1.29 bits per heavy atom. The zero-order valence-corrected chi connectivity index (χ0v) is 10.3. The first kappa shape index (κ1) is 13.9. The molecule has 1 aromatic rings. The van der Waals surface area contributed by atoms with Gasteiger partial charge in [0.15, 0.2) is 11.6 Å². The van der Waals surface area contributed by atoms with Crippen LogP contribution in [0.2, 0.25) is 0 Å². The lowest BCUT2D eigenvalue weighted by molar-refractivity contribution is 0.200. The number of benzene rings is 1. The summed E-state index contributed by atoms with van der Waals surface area (Å²) in [5, 5.41) is 3.24. The van der Waals surface area contributed by atoms with E-state index in [0.29, 0.717) is 0 Å². The highest BCUT2D eigenvalue weighted by atomic mass is 19.1. The molecule has 0 aliphatic rings. The Labute approximate surface area is 101 Å². The van der Waals surface area contributed by atoms with Crippen molar-refractivity contribution in [1.82, 2.24) is 5.32 Å². The Morgan fingerprint density at radius 3 is 2.71 bits per heavy atom. The van der Waals surface area contributed by atoms with Gasteiger partial charge in [-0.1, -0.05) is 6.92 Å². The first-order chi connectivity index (χ1) is 8.13. The van der Waals surface area contributed by atoms with Gasteiger partial charge >= 0.3 is 0 Å². The highest BCUT2D eigenvalue weighted by Gasteiger charge is 2.09. The fraction of sp³-hybridized carbons (Fsp3) is 0.538. The van der Waals surface area contributed by atoms with Crippen molar-refractivity contribution in [1.29, 1.82) is 0 Å². The third kappa shape index (κ3) is 5.13. The molecular formula is C13H19F2NO. The molecule has 0 fully saturated rings. The topological polar surface area (TPSA) is 21.3 Å². The molecule has 0 heterocycles. The Kier molecular flexibility index (Phi) is 5.91. The first-order valence-corrected chi connectivity index (χ1v) is 5.96. The Balaban J connectivity index is 2.37. The summed E-state index contributed by atoms with van der Waals surface area (Å²) < 4.78 is 31.3. The molecule has 96 valence electrons. The molecule has 0 aliphatic heterocycles. The number of nitrogens with one attached hydrogen (secondary N) is 1. The van der Waals surface area contributed by atoms with Crippen molar-refractivity contribution < 1.29 is 13.5 Å². The molecule has 1 aromatic carbocycles. The van der Waals surface area contributed by atoms with Gasteiger partial charge in [0.2, 0.25) is 0 Å². The molecule has 0 aromatic heterocycles. The third-order valence-corrected chi connectivity index (χ3v) is 2.38. The van der Waals surface area contributed by atoms with Gasteiger partial charge in [-0.15, -0.1) is 0 Å². The first-order valence-electron chi connectivity index (χ1n) is 5.96. The third-order valence-electron chi connectivity index (χ3n) is 2.38. The molecule has 0 saturated heterocycles. The summed E-state index contributed by atoms with van der Waals surface area (Å²) in [5.41, 5.74) is 0. The van der Waals surface area contributed by atoms with E-state index in [-0.39, 0.29) is 11.9 Å². The molecule has 1 N–H and O–H groups in total. The van der Waals surface area contributed by atoms with Crippen LogP contribution in [-0.2, 0) is 0 Å². The van der Waals surface area contributed by atoms with Crippen molar-refractivity contribution in [2.45, 2.75) is 32.8 Å². The Morgan fingerprint density at radius 2 is 2.06 bits per heavy atom. The maximum atomic E-state index is 13.3. The minimum absolute atomic E-state index is 0.0979. The van der Waals surface area contributed by atoms with Gasteiger partial charge in [0.25, 0.3) is 0 Å². The summed E-state index contributed by atoms with van der Waals surface area (Å²) in [6.07, 6.45) is 1.78. The molecule has 17 heavy (non-hydrogen) atoms. The zero-order chi connectivity index (χ0) is 12.7. The highest BCUT2D eigenvalue weighted by Crippen LogP contribution is 2.19. The molecular weight excluding hydrogens is 224 g/mol. The van der Waals surface area contributed by atoms with E-state index in [4.69, 9.17) is 4.74 Å². The minimum atomic E-state index is -0.654. The van der Waals surface area contributed by atoms with Gasteiger partial charge in [0.05, 0.1) is 6.10 Å². The maximum absolute atomic E-state index is 13.3. The summed E-state index contributed by atoms with van der Waals surface area (Å²) >= 11 is 0. The second-order valence-corrected chi connectivity index (χ2v) is 4.04. The fourth-order valence-electron chi connectivity index (χ4n) is 1.45. The van der Waals surface area contributed by atoms with Gasteiger partial charge in [0.1, 0.15) is 5.82 Å². The monoisotopic (exact) mass is 243 g/mol. The van der Waals surface area contributed by atoms with Crippen LogP contribution in [0.3, 0.4) is 0 Å². The maximum Gasteiger partial charge on any atom is 0.167 e. The number of hydrogen-bond acceptors (Lipinski definition) is 2. The largest absolute Gasteiger partial charge is 0.488 e. The van der Waals surface area contributed by atoms with Crippen LogP contribution in [0.25, 0.3) is 0 Å². The molecule has 0 aliphatic carbocycles. The Hall–Kier alpha value is -1.16. The van der Waals surface area contributed by atoms with Crippen molar-refractivity contribution in [3.8, 4) is 5.75 Å². The van der Waals surface area contributed by atoms with Gasteiger partial charge in [-0.25, -0.2) is 8.78 Å². The van der Waals surface area contributed by atoms with Gasteiger partial charge in [-0.3, -0.25) is 0 Å². The van der Waals surface area contributed by atoms with Crippen molar-refractivity contribution >= 4 is 0 Å². The van der Waals surface area contributed by atoms with E-state index in [9.17, 15) is 8.78 Å². The van der Waals surface area contributed by atoms with E-state index in [1.54, 1.807) is 0 Å². The highest BCUT2D eigenvalue weighted by molar-refractivity contribution is 5.24. The second-order valence-electron chi connectivity index (χ2n) is 4.04. The van der Waals surface area contributed by atoms with E-state index in [0.717, 1.165) is 32.0 Å². The average molecular weight is 243 g/mol. The fourth-order valence-corrected chi connectivity index (χ4v) is 1.45. The summed E-state index contributed by atoms with van der Waals surface area (Å²) in [5.74, 6) is -1.14. The van der Waals surface area contributed by atoms with Crippen molar-refractivity contribution in [2.24, 2.45) is 0 Å². The van der Waals surface area contributed by atoms with E-state index < -0.39 is 11.6 Å². The average Bonchev–Trinajstić information content (AvgIpc) is 2.28. The molecule has 0 amide bonds. The molecule has 0 saturated carbocycles. The molecule has 1 atom stereocenters. The predicted molar refractivity (Wildman–Crippen MR) is 64.2 cm³/mol.